The van der Waals surface area contributed by atoms with Gasteiger partial charge in [0.15, 0.2) is 11.4 Å². The molecule has 0 fully saturated rings. The van der Waals surface area contributed by atoms with Gasteiger partial charge in [0, 0.05) is 11.8 Å². The molecule has 143 valence electrons. The van der Waals surface area contributed by atoms with Crippen LogP contribution in [-0.4, -0.2) is 9.38 Å². The number of nitrogens with zero attached hydrogens (tertiary/aromatic N) is 2. The first-order valence-corrected chi connectivity index (χ1v) is 10.4. The minimum Gasteiger partial charge on any atom is -0.485 e. The molecular weight excluding hydrogens is 388 g/mol. The van der Waals surface area contributed by atoms with Crippen LogP contribution in [0.3, 0.4) is 0 Å². The lowest BCUT2D eigenvalue weighted by Crippen LogP contribution is -1.97. The zero-order valence-electron chi connectivity index (χ0n) is 16.1. The Labute approximate surface area is 179 Å². The van der Waals surface area contributed by atoms with Crippen molar-refractivity contribution in [3.05, 3.63) is 113 Å². The Kier molecular flexibility index (Phi) is 5.03. The van der Waals surface area contributed by atoms with Gasteiger partial charge in [-0.3, -0.25) is 4.40 Å². The quantitative estimate of drug-likeness (QED) is 0.351. The minimum absolute atomic E-state index is 0.501. The third-order valence-corrected chi connectivity index (χ3v) is 5.56. The second-order valence-electron chi connectivity index (χ2n) is 6.69. The van der Waals surface area contributed by atoms with Crippen LogP contribution in [0.2, 0.25) is 0 Å². The van der Waals surface area contributed by atoms with Gasteiger partial charge in [0.05, 0.1) is 9.75 Å². The summed E-state index contributed by atoms with van der Waals surface area (Å²) in [6, 6.07) is 28.1. The van der Waals surface area contributed by atoms with Gasteiger partial charge in [-0.15, -0.1) is 11.3 Å². The highest BCUT2D eigenvalue weighted by molar-refractivity contribution is 7.16. The molecule has 2 aromatic carbocycles. The van der Waals surface area contributed by atoms with Gasteiger partial charge >= 0.3 is 0 Å². The van der Waals surface area contributed by atoms with Gasteiger partial charge < -0.3 is 4.74 Å². The van der Waals surface area contributed by atoms with Crippen LogP contribution in [0.15, 0.2) is 91.1 Å². The van der Waals surface area contributed by atoms with Gasteiger partial charge in [-0.25, -0.2) is 4.98 Å². The van der Waals surface area contributed by atoms with Crippen molar-refractivity contribution in [2.24, 2.45) is 0 Å². The number of benzene rings is 2. The van der Waals surface area contributed by atoms with E-state index < -0.39 is 0 Å². The monoisotopic (exact) mass is 405 g/mol. The van der Waals surface area contributed by atoms with E-state index in [1.165, 1.54) is 0 Å². The molecule has 3 heterocycles. The van der Waals surface area contributed by atoms with Gasteiger partial charge in [0.1, 0.15) is 18.5 Å². The smallest absolute Gasteiger partial charge is 0.180 e. The van der Waals surface area contributed by atoms with Crippen molar-refractivity contribution < 1.29 is 4.74 Å². The van der Waals surface area contributed by atoms with Crippen molar-refractivity contribution in [3.63, 3.8) is 0 Å². The first kappa shape index (κ1) is 18.2. The third-order valence-electron chi connectivity index (χ3n) is 4.56. The van der Waals surface area contributed by atoms with Gasteiger partial charge in [-0.2, -0.15) is 0 Å². The SMILES string of the molecule is C(#Cc1ccc(-c2[c]n3cccc(OCc4ccccc4)c3n2)s1)c1ccccc1. The largest absolute Gasteiger partial charge is 0.485 e. The Balaban J connectivity index is 1.39. The van der Waals surface area contributed by atoms with E-state index in [0.29, 0.717) is 6.61 Å². The van der Waals surface area contributed by atoms with Crippen molar-refractivity contribution in [1.29, 1.82) is 0 Å². The average molecular weight is 406 g/mol. The molecule has 0 amide bonds. The zero-order valence-corrected chi connectivity index (χ0v) is 16.9. The van der Waals surface area contributed by atoms with E-state index >= 15 is 0 Å². The first-order valence-electron chi connectivity index (χ1n) is 9.59. The molecular formula is C26H17N2OS. The zero-order chi connectivity index (χ0) is 20.2. The van der Waals surface area contributed by atoms with Crippen LogP contribution in [-0.2, 0) is 6.61 Å². The van der Waals surface area contributed by atoms with Crippen molar-refractivity contribution in [1.82, 2.24) is 9.38 Å². The molecule has 1 radical (unpaired) electrons. The van der Waals surface area contributed by atoms with Crippen LogP contribution in [0.1, 0.15) is 16.0 Å². The van der Waals surface area contributed by atoms with E-state index in [4.69, 9.17) is 9.72 Å². The number of pyridine rings is 1. The average Bonchev–Trinajstić information content (AvgIpc) is 3.45. The summed E-state index contributed by atoms with van der Waals surface area (Å²) in [6.07, 6.45) is 5.26. The normalized spacial score (nSPS) is 10.5. The molecule has 5 rings (SSSR count). The summed E-state index contributed by atoms with van der Waals surface area (Å²) in [7, 11) is 0. The van der Waals surface area contributed by atoms with E-state index in [0.717, 1.165) is 38.0 Å². The molecule has 0 unspecified atom stereocenters. The summed E-state index contributed by atoms with van der Waals surface area (Å²) in [4.78, 5) is 6.80. The molecule has 0 aliphatic carbocycles. The van der Waals surface area contributed by atoms with E-state index in [9.17, 15) is 0 Å². The maximum Gasteiger partial charge on any atom is 0.180 e. The van der Waals surface area contributed by atoms with Gasteiger partial charge in [-0.1, -0.05) is 60.4 Å². The molecule has 3 aromatic heterocycles. The number of hydrogen-bond acceptors (Lipinski definition) is 3. The predicted molar refractivity (Wildman–Crippen MR) is 121 cm³/mol. The molecule has 5 aromatic rings. The Morgan fingerprint density at radius 1 is 0.867 bits per heavy atom. The lowest BCUT2D eigenvalue weighted by atomic mass is 10.2. The Morgan fingerprint density at radius 3 is 2.50 bits per heavy atom. The topological polar surface area (TPSA) is 26.5 Å². The molecule has 0 bridgehead atoms. The van der Waals surface area contributed by atoms with Gasteiger partial charge in [-0.05, 0) is 42.0 Å². The first-order chi connectivity index (χ1) is 14.8. The minimum atomic E-state index is 0.501. The fourth-order valence-electron chi connectivity index (χ4n) is 3.07. The Hall–Kier alpha value is -3.81. The predicted octanol–water partition coefficient (Wildman–Crippen LogP) is 5.84. The lowest BCUT2D eigenvalue weighted by molar-refractivity contribution is 0.308. The standard InChI is InChI=1S/C26H17N2OS/c1-3-8-20(9-4-1)13-14-22-15-16-25(30-22)23-18-28-17-7-12-24(26(28)27-23)29-19-21-10-5-2-6-11-21/h1-12,15-17H,19H2. The molecule has 0 spiro atoms. The number of hydrogen-bond donors (Lipinski definition) is 0. The molecule has 0 aliphatic heterocycles. The van der Waals surface area contributed by atoms with Crippen molar-refractivity contribution in [3.8, 4) is 28.2 Å². The highest BCUT2D eigenvalue weighted by Crippen LogP contribution is 2.29. The second-order valence-corrected chi connectivity index (χ2v) is 7.78. The third kappa shape index (κ3) is 3.98. The molecule has 0 saturated heterocycles. The molecule has 30 heavy (non-hydrogen) atoms. The van der Waals surface area contributed by atoms with E-state index in [2.05, 4.69) is 18.0 Å². The van der Waals surface area contributed by atoms with Crippen molar-refractivity contribution in [2.45, 2.75) is 6.61 Å². The summed E-state index contributed by atoms with van der Waals surface area (Å²) in [5, 5.41) is 0. The molecule has 3 nitrogen and oxygen atoms in total. The van der Waals surface area contributed by atoms with Crippen LogP contribution in [0.4, 0.5) is 0 Å². The van der Waals surface area contributed by atoms with Crippen molar-refractivity contribution in [2.75, 3.05) is 0 Å². The summed E-state index contributed by atoms with van der Waals surface area (Å²) >= 11 is 1.62. The fourth-order valence-corrected chi connectivity index (χ4v) is 3.87. The highest BCUT2D eigenvalue weighted by atomic mass is 32.1. The summed E-state index contributed by atoms with van der Waals surface area (Å²) in [6.45, 7) is 0.501. The number of rotatable bonds is 4. The van der Waals surface area contributed by atoms with Crippen LogP contribution >= 0.6 is 11.3 Å². The van der Waals surface area contributed by atoms with Crippen LogP contribution in [0, 0.1) is 18.0 Å². The Morgan fingerprint density at radius 2 is 1.67 bits per heavy atom. The maximum atomic E-state index is 6.03. The van der Waals surface area contributed by atoms with E-state index in [1.807, 2.05) is 95.5 Å². The van der Waals surface area contributed by atoms with E-state index in [-0.39, 0.29) is 0 Å². The van der Waals surface area contributed by atoms with Crippen LogP contribution < -0.4 is 4.74 Å². The molecule has 0 atom stereocenters. The molecule has 4 heteroatoms. The van der Waals surface area contributed by atoms with Crippen molar-refractivity contribution >= 4 is 17.0 Å². The van der Waals surface area contributed by atoms with Gasteiger partial charge in [0.2, 0.25) is 0 Å². The number of fused-ring (bicyclic) bond motifs is 1. The highest BCUT2D eigenvalue weighted by Gasteiger charge is 2.11. The number of ether oxygens (including phenoxy) is 1. The van der Waals surface area contributed by atoms with Crippen LogP contribution in [0.25, 0.3) is 16.2 Å². The number of imidazole rings is 1. The Bertz CT molecular complexity index is 1340. The number of aromatic nitrogens is 2. The molecule has 0 N–H and O–H groups in total. The van der Waals surface area contributed by atoms with Crippen LogP contribution in [0.5, 0.6) is 5.75 Å². The molecule has 0 aliphatic rings. The maximum absolute atomic E-state index is 6.03. The number of thiophene rings is 1. The summed E-state index contributed by atoms with van der Waals surface area (Å²) < 4.78 is 7.90. The summed E-state index contributed by atoms with van der Waals surface area (Å²) in [5.41, 5.74) is 3.68. The summed E-state index contributed by atoms with van der Waals surface area (Å²) in [5.74, 6) is 7.17. The van der Waals surface area contributed by atoms with E-state index in [1.54, 1.807) is 11.3 Å². The lowest BCUT2D eigenvalue weighted by Gasteiger charge is -2.06. The molecule has 0 saturated carbocycles. The fraction of sp³-hybridized carbons (Fsp3) is 0.0385. The second kappa shape index (κ2) is 8.28. The van der Waals surface area contributed by atoms with Gasteiger partial charge in [0.25, 0.3) is 0 Å².